The number of ether oxygens (including phenoxy) is 5. The van der Waals surface area contributed by atoms with Gasteiger partial charge in [0.2, 0.25) is 0 Å². The van der Waals surface area contributed by atoms with Crippen molar-refractivity contribution in [2.24, 2.45) is 39.4 Å². The summed E-state index contributed by atoms with van der Waals surface area (Å²) in [6, 6.07) is 0. The molecule has 218 valence electrons. The van der Waals surface area contributed by atoms with Crippen molar-refractivity contribution in [1.29, 1.82) is 0 Å². The zero-order valence-electron chi connectivity index (χ0n) is 24.6. The van der Waals surface area contributed by atoms with Gasteiger partial charge < -0.3 is 23.7 Å². The van der Waals surface area contributed by atoms with E-state index in [4.69, 9.17) is 23.7 Å². The fraction of sp³-hybridized carbons (Fsp3) is 0.677. The van der Waals surface area contributed by atoms with Gasteiger partial charge in [-0.05, 0) is 49.8 Å². The number of carbonyl (C=O) groups is 4. The lowest BCUT2D eigenvalue weighted by Gasteiger charge is -2.62. The van der Waals surface area contributed by atoms with E-state index >= 15 is 0 Å². The molecule has 10 unspecified atom stereocenters. The van der Waals surface area contributed by atoms with Gasteiger partial charge in [-0.3, -0.25) is 19.2 Å². The summed E-state index contributed by atoms with van der Waals surface area (Å²) in [4.78, 5) is 53.1. The minimum Gasteiger partial charge on any atom is -0.501 e. The molecule has 1 saturated carbocycles. The Hall–Kier alpha value is -2.94. The number of hydrogen-bond acceptors (Lipinski definition) is 9. The van der Waals surface area contributed by atoms with Crippen LogP contribution in [0.25, 0.3) is 0 Å². The Morgan fingerprint density at radius 1 is 1.05 bits per heavy atom. The molecule has 3 aliphatic carbocycles. The van der Waals surface area contributed by atoms with Crippen molar-refractivity contribution in [2.75, 3.05) is 20.8 Å². The van der Waals surface area contributed by atoms with Crippen molar-refractivity contribution in [3.8, 4) is 0 Å². The van der Waals surface area contributed by atoms with Crippen LogP contribution in [-0.4, -0.2) is 62.8 Å². The molecule has 1 saturated heterocycles. The monoisotopic (exact) mass is 556 g/mol. The normalized spacial score (nSPS) is 45.0. The van der Waals surface area contributed by atoms with Crippen molar-refractivity contribution in [3.63, 3.8) is 0 Å². The summed E-state index contributed by atoms with van der Waals surface area (Å²) in [7, 11) is 2.62. The molecule has 0 bridgehead atoms. The number of fused-ring (bicyclic) bond motifs is 4. The van der Waals surface area contributed by atoms with E-state index in [-0.39, 0.29) is 29.6 Å². The molecule has 5 aliphatic rings. The van der Waals surface area contributed by atoms with Crippen LogP contribution in [0.15, 0.2) is 35.6 Å². The lowest BCUT2D eigenvalue weighted by Crippen LogP contribution is -2.70. The molecule has 0 amide bonds. The molecule has 2 fully saturated rings. The van der Waals surface area contributed by atoms with Gasteiger partial charge in [0, 0.05) is 29.1 Å². The molecule has 0 aromatic carbocycles. The number of esters is 3. The third-order valence-corrected chi connectivity index (χ3v) is 10.9. The number of hydrogen-bond donors (Lipinski definition) is 0. The Morgan fingerprint density at radius 3 is 2.33 bits per heavy atom. The first-order valence-electron chi connectivity index (χ1n) is 13.9. The first-order valence-corrected chi connectivity index (χ1v) is 13.9. The van der Waals surface area contributed by atoms with Gasteiger partial charge in [-0.25, -0.2) is 0 Å². The van der Waals surface area contributed by atoms with Gasteiger partial charge in [0.25, 0.3) is 0 Å². The van der Waals surface area contributed by atoms with Crippen molar-refractivity contribution < 1.29 is 42.9 Å². The molecule has 0 N–H and O–H groups in total. The lowest BCUT2D eigenvalue weighted by atomic mass is 9.41. The van der Waals surface area contributed by atoms with E-state index in [9.17, 15) is 19.2 Å². The first-order chi connectivity index (χ1) is 18.7. The van der Waals surface area contributed by atoms with Crippen molar-refractivity contribution in [2.45, 2.75) is 72.7 Å². The molecule has 0 aromatic rings. The van der Waals surface area contributed by atoms with Gasteiger partial charge in [-0.15, -0.1) is 0 Å². The quantitative estimate of drug-likeness (QED) is 0.284. The van der Waals surface area contributed by atoms with Crippen molar-refractivity contribution in [3.05, 3.63) is 35.6 Å². The van der Waals surface area contributed by atoms with E-state index in [1.165, 1.54) is 27.2 Å². The number of methoxy groups -OCH3 is 2. The molecule has 0 spiro atoms. The van der Waals surface area contributed by atoms with Crippen LogP contribution in [0.4, 0.5) is 0 Å². The Balaban J connectivity index is 1.77. The third kappa shape index (κ3) is 3.62. The first kappa shape index (κ1) is 28.6. The maximum Gasteiger partial charge on any atom is 0.315 e. The Kier molecular flexibility index (Phi) is 6.64. The highest BCUT2D eigenvalue weighted by Crippen LogP contribution is 2.70. The zero-order valence-corrected chi connectivity index (χ0v) is 24.6. The highest BCUT2D eigenvalue weighted by atomic mass is 16.6. The molecule has 10 atom stereocenters. The van der Waals surface area contributed by atoms with E-state index in [2.05, 4.69) is 19.9 Å². The Bertz CT molecular complexity index is 1250. The highest BCUT2D eigenvalue weighted by Gasteiger charge is 2.75. The molecular weight excluding hydrogens is 516 g/mol. The molecule has 40 heavy (non-hydrogen) atoms. The lowest BCUT2D eigenvalue weighted by molar-refractivity contribution is -0.227. The predicted molar refractivity (Wildman–Crippen MR) is 142 cm³/mol. The van der Waals surface area contributed by atoms with Crippen molar-refractivity contribution >= 4 is 23.7 Å². The minimum absolute atomic E-state index is 0.0715. The van der Waals surface area contributed by atoms with E-state index in [1.807, 2.05) is 6.92 Å². The van der Waals surface area contributed by atoms with Crippen LogP contribution < -0.4 is 0 Å². The number of ketones is 1. The third-order valence-electron chi connectivity index (χ3n) is 10.9. The van der Waals surface area contributed by atoms with Crippen LogP contribution in [0, 0.1) is 39.4 Å². The molecular formula is C31H40O9. The molecule has 9 heteroatoms. The average Bonchev–Trinajstić information content (AvgIpc) is 3.57. The number of rotatable bonds is 5. The minimum atomic E-state index is -1.32. The van der Waals surface area contributed by atoms with Gasteiger partial charge in [-0.2, -0.15) is 0 Å². The second kappa shape index (κ2) is 9.29. The standard InChI is InChI=1S/C31H40O9/c1-16-18(28(3)11-12-38-15-28)13-19-23(16)31(6)20(14-22(34)36-7)30(5)21(33)9-10-29(4,27(35)37-8)25(30)24(26(31)40-19)39-17(2)32/h9-12,18-20,24-26H,13-15H2,1-8H3. The summed E-state index contributed by atoms with van der Waals surface area (Å²) >= 11 is 0. The van der Waals surface area contributed by atoms with Crippen LogP contribution in [-0.2, 0) is 42.9 Å². The molecule has 5 rings (SSSR count). The van der Waals surface area contributed by atoms with Gasteiger partial charge in [-0.1, -0.05) is 32.4 Å². The number of carbonyl (C=O) groups excluding carboxylic acids is 4. The summed E-state index contributed by atoms with van der Waals surface area (Å²) in [5.74, 6) is -3.13. The van der Waals surface area contributed by atoms with Gasteiger partial charge in [0.05, 0.1) is 45.0 Å². The second-order valence-electron chi connectivity index (χ2n) is 13.0. The van der Waals surface area contributed by atoms with E-state index in [1.54, 1.807) is 26.2 Å². The van der Waals surface area contributed by atoms with E-state index < -0.39 is 58.2 Å². The summed E-state index contributed by atoms with van der Waals surface area (Å²) in [6.45, 7) is 11.6. The fourth-order valence-corrected chi connectivity index (χ4v) is 9.17. The van der Waals surface area contributed by atoms with Gasteiger partial charge in [0.1, 0.15) is 12.2 Å². The summed E-state index contributed by atoms with van der Waals surface area (Å²) in [6.07, 6.45) is 5.45. The average molecular weight is 557 g/mol. The van der Waals surface area contributed by atoms with Crippen LogP contribution in [0.1, 0.15) is 54.4 Å². The zero-order chi connectivity index (χ0) is 29.4. The van der Waals surface area contributed by atoms with Crippen LogP contribution >= 0.6 is 0 Å². The van der Waals surface area contributed by atoms with Gasteiger partial charge >= 0.3 is 17.9 Å². The van der Waals surface area contributed by atoms with E-state index in [0.717, 1.165) is 11.1 Å². The Labute approximate surface area is 235 Å². The van der Waals surface area contributed by atoms with Crippen LogP contribution in [0.2, 0.25) is 0 Å². The molecule has 0 aromatic heterocycles. The topological polar surface area (TPSA) is 114 Å². The van der Waals surface area contributed by atoms with E-state index in [0.29, 0.717) is 13.0 Å². The maximum atomic E-state index is 14.1. The molecule has 0 radical (unpaired) electrons. The summed E-state index contributed by atoms with van der Waals surface area (Å²) in [5.41, 5.74) is -1.53. The maximum absolute atomic E-state index is 14.1. The smallest absolute Gasteiger partial charge is 0.315 e. The predicted octanol–water partition coefficient (Wildman–Crippen LogP) is 3.71. The molecule has 2 aliphatic heterocycles. The van der Waals surface area contributed by atoms with Crippen LogP contribution in [0.5, 0.6) is 0 Å². The van der Waals surface area contributed by atoms with Gasteiger partial charge in [0.15, 0.2) is 5.78 Å². The number of allylic oxidation sites excluding steroid dienone is 2. The van der Waals surface area contributed by atoms with Crippen LogP contribution in [0.3, 0.4) is 0 Å². The molecule has 2 heterocycles. The second-order valence-corrected chi connectivity index (χ2v) is 13.0. The Morgan fingerprint density at radius 2 is 1.75 bits per heavy atom. The SMILES string of the molecule is COC(=O)CC1C2(C)C3=C(C)C(C4(C)C=COC4)CC3OC2C(OC(C)=O)C2C(C)(C(=O)OC)C=CC(=O)C21C. The summed E-state index contributed by atoms with van der Waals surface area (Å²) in [5, 5.41) is 0. The largest absolute Gasteiger partial charge is 0.501 e. The van der Waals surface area contributed by atoms with Crippen molar-refractivity contribution in [1.82, 2.24) is 0 Å². The summed E-state index contributed by atoms with van der Waals surface area (Å²) < 4.78 is 28.9. The molecule has 9 nitrogen and oxygen atoms in total. The highest BCUT2D eigenvalue weighted by molar-refractivity contribution is 5.99. The fourth-order valence-electron chi connectivity index (χ4n) is 9.17.